The predicted molar refractivity (Wildman–Crippen MR) is 62.5 cm³/mol. The molecule has 3 nitrogen and oxygen atoms in total. The third kappa shape index (κ3) is 2.14. The van der Waals surface area contributed by atoms with Gasteiger partial charge in [-0.2, -0.15) is 0 Å². The zero-order valence-electron chi connectivity index (χ0n) is 8.14. The fourth-order valence-corrected chi connectivity index (χ4v) is 2.57. The van der Waals surface area contributed by atoms with Gasteiger partial charge < -0.3 is 5.73 Å². The number of rotatable bonds is 3. The molecule has 0 bridgehead atoms. The Morgan fingerprint density at radius 1 is 1.53 bits per heavy atom. The first-order chi connectivity index (χ1) is 7.18. The zero-order valence-corrected chi connectivity index (χ0v) is 9.77. The van der Waals surface area contributed by atoms with Crippen LogP contribution >= 0.6 is 22.7 Å². The SMILES string of the molecule is CC(N)c1nc(C(=O)c2cccs2)cs1. The van der Waals surface area contributed by atoms with Crippen molar-refractivity contribution in [2.24, 2.45) is 5.73 Å². The molecule has 2 aromatic rings. The summed E-state index contributed by atoms with van der Waals surface area (Å²) in [5.74, 6) is -0.0202. The number of aromatic nitrogens is 1. The third-order valence-electron chi connectivity index (χ3n) is 1.89. The Hall–Kier alpha value is -1.04. The van der Waals surface area contributed by atoms with Crippen molar-refractivity contribution in [1.29, 1.82) is 0 Å². The van der Waals surface area contributed by atoms with E-state index in [4.69, 9.17) is 5.73 Å². The van der Waals surface area contributed by atoms with E-state index in [0.717, 1.165) is 9.88 Å². The van der Waals surface area contributed by atoms with Crippen LogP contribution < -0.4 is 5.73 Å². The van der Waals surface area contributed by atoms with E-state index in [-0.39, 0.29) is 11.8 Å². The van der Waals surface area contributed by atoms with Crippen molar-refractivity contribution in [2.45, 2.75) is 13.0 Å². The fourth-order valence-electron chi connectivity index (χ4n) is 1.14. The molecule has 2 heterocycles. The highest BCUT2D eigenvalue weighted by atomic mass is 32.1. The highest BCUT2D eigenvalue weighted by molar-refractivity contribution is 7.12. The zero-order chi connectivity index (χ0) is 10.8. The van der Waals surface area contributed by atoms with Crippen molar-refractivity contribution in [3.05, 3.63) is 38.5 Å². The van der Waals surface area contributed by atoms with E-state index in [0.29, 0.717) is 5.69 Å². The van der Waals surface area contributed by atoms with Gasteiger partial charge in [-0.25, -0.2) is 4.98 Å². The second kappa shape index (κ2) is 4.22. The Bertz CT molecular complexity index is 459. The van der Waals surface area contributed by atoms with Crippen molar-refractivity contribution in [3.8, 4) is 0 Å². The molecule has 2 N–H and O–H groups in total. The minimum atomic E-state index is -0.111. The van der Waals surface area contributed by atoms with Gasteiger partial charge in [0.15, 0.2) is 0 Å². The molecule has 5 heteroatoms. The van der Waals surface area contributed by atoms with Crippen molar-refractivity contribution in [3.63, 3.8) is 0 Å². The molecular formula is C10H10N2OS2. The van der Waals surface area contributed by atoms with Gasteiger partial charge in [0.2, 0.25) is 5.78 Å². The Morgan fingerprint density at radius 3 is 2.87 bits per heavy atom. The topological polar surface area (TPSA) is 56.0 Å². The van der Waals surface area contributed by atoms with E-state index in [1.54, 1.807) is 11.4 Å². The maximum atomic E-state index is 11.9. The molecule has 78 valence electrons. The fraction of sp³-hybridized carbons (Fsp3) is 0.200. The van der Waals surface area contributed by atoms with Crippen LogP contribution in [0.4, 0.5) is 0 Å². The van der Waals surface area contributed by atoms with Gasteiger partial charge in [-0.05, 0) is 18.4 Å². The third-order valence-corrected chi connectivity index (χ3v) is 3.80. The van der Waals surface area contributed by atoms with Crippen LogP contribution in [-0.2, 0) is 0 Å². The molecule has 0 saturated carbocycles. The molecule has 0 spiro atoms. The standard InChI is InChI=1S/C10H10N2OS2/c1-6(11)10-12-7(5-15-10)9(13)8-3-2-4-14-8/h2-6H,11H2,1H3. The van der Waals surface area contributed by atoms with Crippen LogP contribution in [0.2, 0.25) is 0 Å². The Balaban J connectivity index is 2.27. The van der Waals surface area contributed by atoms with Crippen LogP contribution in [0.5, 0.6) is 0 Å². The van der Waals surface area contributed by atoms with Gasteiger partial charge in [0.05, 0.1) is 10.9 Å². The molecule has 0 fully saturated rings. The lowest BCUT2D eigenvalue weighted by molar-refractivity contribution is 0.103. The van der Waals surface area contributed by atoms with Gasteiger partial charge >= 0.3 is 0 Å². The molecule has 1 unspecified atom stereocenters. The summed E-state index contributed by atoms with van der Waals surface area (Å²) in [4.78, 5) is 16.8. The molecule has 0 aliphatic carbocycles. The lowest BCUT2D eigenvalue weighted by Gasteiger charge is -1.96. The molecule has 0 aliphatic rings. The number of hydrogen-bond acceptors (Lipinski definition) is 5. The average molecular weight is 238 g/mol. The Morgan fingerprint density at radius 2 is 2.33 bits per heavy atom. The molecule has 0 saturated heterocycles. The summed E-state index contributed by atoms with van der Waals surface area (Å²) in [6.45, 7) is 1.86. The lowest BCUT2D eigenvalue weighted by atomic mass is 10.2. The minimum absolute atomic E-state index is 0.0202. The van der Waals surface area contributed by atoms with Crippen LogP contribution in [0, 0.1) is 0 Å². The Kier molecular flexibility index (Phi) is 2.95. The van der Waals surface area contributed by atoms with E-state index in [1.807, 2.05) is 18.4 Å². The molecule has 0 aromatic carbocycles. The number of thiazole rings is 1. The summed E-state index contributed by atoms with van der Waals surface area (Å²) in [7, 11) is 0. The molecule has 2 aromatic heterocycles. The van der Waals surface area contributed by atoms with Gasteiger partial charge in [0, 0.05) is 5.38 Å². The van der Waals surface area contributed by atoms with Crippen molar-refractivity contribution >= 4 is 28.5 Å². The molecule has 0 amide bonds. The molecule has 0 radical (unpaired) electrons. The summed E-state index contributed by atoms with van der Waals surface area (Å²) in [6, 6.07) is 3.55. The van der Waals surface area contributed by atoms with Crippen LogP contribution in [0.15, 0.2) is 22.9 Å². The summed E-state index contributed by atoms with van der Waals surface area (Å²) < 4.78 is 0. The summed E-state index contributed by atoms with van der Waals surface area (Å²) in [5, 5.41) is 4.45. The largest absolute Gasteiger partial charge is 0.322 e. The highest BCUT2D eigenvalue weighted by Crippen LogP contribution is 2.20. The van der Waals surface area contributed by atoms with Crippen molar-refractivity contribution < 1.29 is 4.79 Å². The molecular weight excluding hydrogens is 228 g/mol. The summed E-state index contributed by atoms with van der Waals surface area (Å²) in [6.07, 6.45) is 0. The van der Waals surface area contributed by atoms with E-state index in [2.05, 4.69) is 4.98 Å². The first-order valence-corrected chi connectivity index (χ1v) is 6.23. The van der Waals surface area contributed by atoms with Crippen LogP contribution in [0.25, 0.3) is 0 Å². The summed E-state index contributed by atoms with van der Waals surface area (Å²) in [5.41, 5.74) is 6.18. The van der Waals surface area contributed by atoms with Gasteiger partial charge in [-0.1, -0.05) is 6.07 Å². The molecule has 0 aliphatic heterocycles. The van der Waals surface area contributed by atoms with Gasteiger partial charge in [-0.15, -0.1) is 22.7 Å². The monoisotopic (exact) mass is 238 g/mol. The number of carbonyl (C=O) groups is 1. The Labute approximate surface area is 95.6 Å². The normalized spacial score (nSPS) is 12.7. The van der Waals surface area contributed by atoms with Crippen molar-refractivity contribution in [2.75, 3.05) is 0 Å². The second-order valence-corrected chi connectivity index (χ2v) is 5.00. The van der Waals surface area contributed by atoms with Crippen LogP contribution in [-0.4, -0.2) is 10.8 Å². The quantitative estimate of drug-likeness (QED) is 0.836. The van der Waals surface area contributed by atoms with Crippen molar-refractivity contribution in [1.82, 2.24) is 4.98 Å². The number of nitrogens with zero attached hydrogens (tertiary/aromatic N) is 1. The van der Waals surface area contributed by atoms with E-state index in [1.165, 1.54) is 22.7 Å². The van der Waals surface area contributed by atoms with E-state index >= 15 is 0 Å². The summed E-state index contributed by atoms with van der Waals surface area (Å²) >= 11 is 2.86. The number of hydrogen-bond donors (Lipinski definition) is 1. The number of nitrogens with two attached hydrogens (primary N) is 1. The maximum Gasteiger partial charge on any atom is 0.222 e. The van der Waals surface area contributed by atoms with E-state index < -0.39 is 0 Å². The first-order valence-electron chi connectivity index (χ1n) is 4.47. The average Bonchev–Trinajstić information content (AvgIpc) is 2.88. The number of thiophene rings is 1. The van der Waals surface area contributed by atoms with Crippen LogP contribution in [0.3, 0.4) is 0 Å². The van der Waals surface area contributed by atoms with Crippen LogP contribution in [0.1, 0.15) is 33.3 Å². The number of carbonyl (C=O) groups excluding carboxylic acids is 1. The number of ketones is 1. The molecule has 1 atom stereocenters. The first kappa shape index (κ1) is 10.5. The van der Waals surface area contributed by atoms with Gasteiger partial charge in [0.25, 0.3) is 0 Å². The minimum Gasteiger partial charge on any atom is -0.322 e. The van der Waals surface area contributed by atoms with Gasteiger partial charge in [-0.3, -0.25) is 4.79 Å². The lowest BCUT2D eigenvalue weighted by Crippen LogP contribution is -2.06. The van der Waals surface area contributed by atoms with E-state index in [9.17, 15) is 4.79 Å². The maximum absolute atomic E-state index is 11.9. The smallest absolute Gasteiger partial charge is 0.222 e. The molecule has 2 rings (SSSR count). The second-order valence-electron chi connectivity index (χ2n) is 3.17. The van der Waals surface area contributed by atoms with Gasteiger partial charge in [0.1, 0.15) is 10.7 Å². The highest BCUT2D eigenvalue weighted by Gasteiger charge is 2.15. The predicted octanol–water partition coefficient (Wildman–Crippen LogP) is 2.46. The molecule has 15 heavy (non-hydrogen) atoms.